The maximum absolute atomic E-state index is 5.99. The lowest BCUT2D eigenvalue weighted by Crippen LogP contribution is -2.43. The predicted molar refractivity (Wildman–Crippen MR) is 60.0 cm³/mol. The standard InChI is InChI=1S/C12H14ClNO/c13-10-2-3-11-9(6-10)7-15-12(11)4-1-5-14-8-12/h2-3,6,14H,1,4-5,7-8H2. The summed E-state index contributed by atoms with van der Waals surface area (Å²) in [4.78, 5) is 0. The average molecular weight is 224 g/mol. The molecule has 1 unspecified atom stereocenters. The van der Waals surface area contributed by atoms with Gasteiger partial charge >= 0.3 is 0 Å². The fourth-order valence-electron chi connectivity index (χ4n) is 2.65. The molecule has 2 aliphatic rings. The van der Waals surface area contributed by atoms with Crippen LogP contribution >= 0.6 is 11.6 Å². The van der Waals surface area contributed by atoms with E-state index in [0.717, 1.165) is 24.5 Å². The summed E-state index contributed by atoms with van der Waals surface area (Å²) >= 11 is 5.98. The third-order valence-electron chi connectivity index (χ3n) is 3.41. The highest BCUT2D eigenvalue weighted by Gasteiger charge is 2.40. The topological polar surface area (TPSA) is 21.3 Å². The maximum Gasteiger partial charge on any atom is 0.106 e. The number of fused-ring (bicyclic) bond motifs is 2. The van der Waals surface area contributed by atoms with Crippen LogP contribution in [0, 0.1) is 0 Å². The molecule has 1 fully saturated rings. The van der Waals surface area contributed by atoms with Crippen LogP contribution in [0.15, 0.2) is 18.2 Å². The number of ether oxygens (including phenoxy) is 1. The molecule has 3 rings (SSSR count). The molecule has 1 aromatic carbocycles. The zero-order chi connectivity index (χ0) is 10.3. The molecule has 0 radical (unpaired) electrons. The SMILES string of the molecule is Clc1ccc2c(c1)COC21CCCNC1. The summed E-state index contributed by atoms with van der Waals surface area (Å²) < 4.78 is 5.99. The van der Waals surface area contributed by atoms with E-state index in [1.807, 2.05) is 12.1 Å². The fourth-order valence-corrected chi connectivity index (χ4v) is 2.85. The molecule has 0 aliphatic carbocycles. The van der Waals surface area contributed by atoms with Crippen LogP contribution in [0.1, 0.15) is 24.0 Å². The highest BCUT2D eigenvalue weighted by molar-refractivity contribution is 6.30. The van der Waals surface area contributed by atoms with E-state index in [1.54, 1.807) is 0 Å². The third-order valence-corrected chi connectivity index (χ3v) is 3.64. The summed E-state index contributed by atoms with van der Waals surface area (Å²) in [6.07, 6.45) is 2.30. The second kappa shape index (κ2) is 3.48. The minimum Gasteiger partial charge on any atom is -0.364 e. The lowest BCUT2D eigenvalue weighted by Gasteiger charge is -2.34. The van der Waals surface area contributed by atoms with Crippen LogP contribution in [0.25, 0.3) is 0 Å². The Morgan fingerprint density at radius 3 is 3.13 bits per heavy atom. The van der Waals surface area contributed by atoms with Gasteiger partial charge in [-0.05, 0) is 42.6 Å². The number of hydrogen-bond donors (Lipinski definition) is 1. The van der Waals surface area contributed by atoms with E-state index in [-0.39, 0.29) is 5.60 Å². The Morgan fingerprint density at radius 1 is 1.40 bits per heavy atom. The average Bonchev–Trinajstić information content (AvgIpc) is 2.58. The zero-order valence-electron chi connectivity index (χ0n) is 8.55. The van der Waals surface area contributed by atoms with Crippen molar-refractivity contribution in [3.8, 4) is 0 Å². The number of halogens is 1. The van der Waals surface area contributed by atoms with Gasteiger partial charge in [-0.2, -0.15) is 0 Å². The van der Waals surface area contributed by atoms with Gasteiger partial charge in [-0.3, -0.25) is 0 Å². The Kier molecular flexibility index (Phi) is 2.23. The van der Waals surface area contributed by atoms with Gasteiger partial charge < -0.3 is 10.1 Å². The molecule has 2 nitrogen and oxygen atoms in total. The number of rotatable bonds is 0. The van der Waals surface area contributed by atoms with Gasteiger partial charge in [0.2, 0.25) is 0 Å². The molecule has 1 N–H and O–H groups in total. The lowest BCUT2D eigenvalue weighted by atomic mass is 9.86. The van der Waals surface area contributed by atoms with Crippen LogP contribution in [0.5, 0.6) is 0 Å². The Balaban J connectivity index is 2.03. The molecular weight excluding hydrogens is 210 g/mol. The molecule has 3 heteroatoms. The summed E-state index contributed by atoms with van der Waals surface area (Å²) in [6.45, 7) is 2.74. The molecule has 80 valence electrons. The van der Waals surface area contributed by atoms with Gasteiger partial charge in [-0.1, -0.05) is 17.7 Å². The quantitative estimate of drug-likeness (QED) is 0.730. The number of nitrogens with one attached hydrogen (secondary N) is 1. The molecule has 0 aromatic heterocycles. The highest BCUT2D eigenvalue weighted by atomic mass is 35.5. The van der Waals surface area contributed by atoms with E-state index in [9.17, 15) is 0 Å². The van der Waals surface area contributed by atoms with E-state index in [2.05, 4.69) is 11.4 Å². The molecule has 1 saturated heterocycles. The van der Waals surface area contributed by atoms with Crippen LogP contribution in [0.4, 0.5) is 0 Å². The van der Waals surface area contributed by atoms with Crippen molar-refractivity contribution in [2.24, 2.45) is 0 Å². The molecule has 0 amide bonds. The van der Waals surface area contributed by atoms with Gasteiger partial charge in [-0.25, -0.2) is 0 Å². The predicted octanol–water partition coefficient (Wildman–Crippen LogP) is 2.45. The largest absolute Gasteiger partial charge is 0.364 e. The first-order chi connectivity index (χ1) is 7.30. The summed E-state index contributed by atoms with van der Waals surface area (Å²) in [5.41, 5.74) is 2.52. The highest BCUT2D eigenvalue weighted by Crippen LogP contribution is 2.41. The van der Waals surface area contributed by atoms with E-state index in [1.165, 1.54) is 17.5 Å². The molecule has 1 atom stereocenters. The van der Waals surface area contributed by atoms with Gasteiger partial charge in [0, 0.05) is 11.6 Å². The van der Waals surface area contributed by atoms with Crippen molar-refractivity contribution in [3.05, 3.63) is 34.3 Å². The van der Waals surface area contributed by atoms with Gasteiger partial charge in [0.25, 0.3) is 0 Å². The Morgan fingerprint density at radius 2 is 2.33 bits per heavy atom. The van der Waals surface area contributed by atoms with E-state index in [4.69, 9.17) is 16.3 Å². The van der Waals surface area contributed by atoms with Crippen molar-refractivity contribution in [1.82, 2.24) is 5.32 Å². The summed E-state index contributed by atoms with van der Waals surface area (Å²) in [5.74, 6) is 0. The molecule has 1 aromatic rings. The minimum atomic E-state index is -0.0713. The number of piperidine rings is 1. The van der Waals surface area contributed by atoms with Crippen molar-refractivity contribution in [3.63, 3.8) is 0 Å². The van der Waals surface area contributed by atoms with Crippen LogP contribution in [-0.4, -0.2) is 13.1 Å². The van der Waals surface area contributed by atoms with Crippen LogP contribution < -0.4 is 5.32 Å². The van der Waals surface area contributed by atoms with Crippen LogP contribution in [-0.2, 0) is 16.9 Å². The van der Waals surface area contributed by atoms with Crippen molar-refractivity contribution in [2.45, 2.75) is 25.0 Å². The van der Waals surface area contributed by atoms with E-state index in [0.29, 0.717) is 6.61 Å². The van der Waals surface area contributed by atoms with Gasteiger partial charge in [0.05, 0.1) is 6.61 Å². The Hall–Kier alpha value is -0.570. The molecule has 2 aliphatic heterocycles. The van der Waals surface area contributed by atoms with E-state index < -0.39 is 0 Å². The molecule has 0 saturated carbocycles. The van der Waals surface area contributed by atoms with Gasteiger partial charge in [0.15, 0.2) is 0 Å². The lowest BCUT2D eigenvalue weighted by molar-refractivity contribution is -0.0536. The molecular formula is C12H14ClNO. The normalized spacial score (nSPS) is 29.4. The van der Waals surface area contributed by atoms with Crippen molar-refractivity contribution < 1.29 is 4.74 Å². The Labute approximate surface area is 94.6 Å². The summed E-state index contributed by atoms with van der Waals surface area (Å²) in [5, 5.41) is 4.22. The second-order valence-electron chi connectivity index (χ2n) is 4.36. The van der Waals surface area contributed by atoms with Gasteiger partial charge in [-0.15, -0.1) is 0 Å². The molecule has 0 bridgehead atoms. The van der Waals surface area contributed by atoms with Crippen molar-refractivity contribution >= 4 is 11.6 Å². The molecule has 15 heavy (non-hydrogen) atoms. The molecule has 1 spiro atoms. The summed E-state index contributed by atoms with van der Waals surface area (Å²) in [7, 11) is 0. The third kappa shape index (κ3) is 1.48. The number of hydrogen-bond acceptors (Lipinski definition) is 2. The minimum absolute atomic E-state index is 0.0713. The van der Waals surface area contributed by atoms with Gasteiger partial charge in [0.1, 0.15) is 5.60 Å². The summed E-state index contributed by atoms with van der Waals surface area (Å²) in [6, 6.07) is 6.11. The zero-order valence-corrected chi connectivity index (χ0v) is 9.31. The monoisotopic (exact) mass is 223 g/mol. The second-order valence-corrected chi connectivity index (χ2v) is 4.80. The first-order valence-corrected chi connectivity index (χ1v) is 5.82. The molecule has 2 heterocycles. The van der Waals surface area contributed by atoms with Crippen molar-refractivity contribution in [2.75, 3.05) is 13.1 Å². The fraction of sp³-hybridized carbons (Fsp3) is 0.500. The Bertz CT molecular complexity index is 385. The maximum atomic E-state index is 5.99. The van der Waals surface area contributed by atoms with Crippen LogP contribution in [0.2, 0.25) is 5.02 Å². The van der Waals surface area contributed by atoms with Crippen molar-refractivity contribution in [1.29, 1.82) is 0 Å². The first-order valence-electron chi connectivity index (χ1n) is 5.44. The number of benzene rings is 1. The first kappa shape index (κ1) is 9.64. The van der Waals surface area contributed by atoms with E-state index >= 15 is 0 Å². The smallest absolute Gasteiger partial charge is 0.106 e. The van der Waals surface area contributed by atoms with Crippen LogP contribution in [0.3, 0.4) is 0 Å².